The number of carbonyl (C=O) groups is 1. The van der Waals surface area contributed by atoms with Crippen molar-refractivity contribution in [3.8, 4) is 0 Å². The van der Waals surface area contributed by atoms with Gasteiger partial charge in [0.15, 0.2) is 0 Å². The number of hydrogen-bond donors (Lipinski definition) is 2. The molecule has 0 bridgehead atoms. The predicted molar refractivity (Wildman–Crippen MR) is 99.0 cm³/mol. The fraction of sp³-hybridized carbons (Fsp3) is 0.333. The van der Waals surface area contributed by atoms with Crippen molar-refractivity contribution in [2.75, 3.05) is 17.2 Å². The van der Waals surface area contributed by atoms with Crippen molar-refractivity contribution < 1.29 is 4.79 Å². The molecular weight excluding hydrogens is 354 g/mol. The Morgan fingerprint density at radius 3 is 2.74 bits per heavy atom. The molecule has 4 nitrogen and oxygen atoms in total. The van der Waals surface area contributed by atoms with Gasteiger partial charge in [-0.05, 0) is 59.0 Å². The number of rotatable bonds is 6. The maximum atomic E-state index is 12.4. The lowest BCUT2D eigenvalue weighted by atomic mass is 10.1. The lowest BCUT2D eigenvalue weighted by molar-refractivity contribution is 0.102. The second-order valence-corrected chi connectivity index (χ2v) is 6.86. The fourth-order valence-corrected chi connectivity index (χ4v) is 2.67. The van der Waals surface area contributed by atoms with Crippen LogP contribution in [0.1, 0.15) is 36.2 Å². The third-order valence-electron chi connectivity index (χ3n) is 3.42. The molecule has 2 N–H and O–H groups in total. The summed E-state index contributed by atoms with van der Waals surface area (Å²) < 4.78 is 0.866. The number of nitrogens with one attached hydrogen (secondary N) is 2. The first kappa shape index (κ1) is 17.5. The van der Waals surface area contributed by atoms with Crippen LogP contribution in [0.15, 0.2) is 41.1 Å². The molecule has 2 aromatic rings. The van der Waals surface area contributed by atoms with Gasteiger partial charge < -0.3 is 10.6 Å². The third kappa shape index (κ3) is 5.36. The Labute approximate surface area is 145 Å². The van der Waals surface area contributed by atoms with Crippen LogP contribution in [-0.2, 0) is 0 Å². The van der Waals surface area contributed by atoms with Crippen molar-refractivity contribution in [1.82, 2.24) is 4.98 Å². The highest BCUT2D eigenvalue weighted by atomic mass is 79.9. The second-order valence-electron chi connectivity index (χ2n) is 6.01. The number of carbonyl (C=O) groups excluding carboxylic acids is 1. The lowest BCUT2D eigenvalue weighted by Crippen LogP contribution is -2.13. The zero-order valence-corrected chi connectivity index (χ0v) is 15.3. The van der Waals surface area contributed by atoms with Crippen molar-refractivity contribution >= 4 is 33.2 Å². The second kappa shape index (κ2) is 8.11. The van der Waals surface area contributed by atoms with E-state index in [0.717, 1.165) is 34.4 Å². The molecule has 0 saturated heterocycles. The molecule has 2 rings (SSSR count). The van der Waals surface area contributed by atoms with E-state index >= 15 is 0 Å². The SMILES string of the molecule is Cc1ccc(NC(=O)c2cncc(NCCC(C)C)c2)c(Br)c1. The fourth-order valence-electron chi connectivity index (χ4n) is 2.08. The smallest absolute Gasteiger partial charge is 0.257 e. The van der Waals surface area contributed by atoms with E-state index < -0.39 is 0 Å². The number of aryl methyl sites for hydroxylation is 1. The van der Waals surface area contributed by atoms with Gasteiger partial charge >= 0.3 is 0 Å². The van der Waals surface area contributed by atoms with E-state index in [1.165, 1.54) is 0 Å². The molecule has 0 aliphatic rings. The third-order valence-corrected chi connectivity index (χ3v) is 4.08. The molecule has 0 aliphatic carbocycles. The maximum Gasteiger partial charge on any atom is 0.257 e. The van der Waals surface area contributed by atoms with Crippen LogP contribution in [-0.4, -0.2) is 17.4 Å². The van der Waals surface area contributed by atoms with Crippen LogP contribution in [0.25, 0.3) is 0 Å². The number of halogens is 1. The topological polar surface area (TPSA) is 54.0 Å². The molecule has 0 radical (unpaired) electrons. The molecule has 0 unspecified atom stereocenters. The first-order valence-corrected chi connectivity index (χ1v) is 8.51. The Hall–Kier alpha value is -1.88. The van der Waals surface area contributed by atoms with Crippen LogP contribution in [0, 0.1) is 12.8 Å². The zero-order chi connectivity index (χ0) is 16.8. The summed E-state index contributed by atoms with van der Waals surface area (Å²) in [4.78, 5) is 16.5. The number of amides is 1. The van der Waals surface area contributed by atoms with E-state index in [9.17, 15) is 4.79 Å². The predicted octanol–water partition coefficient (Wildman–Crippen LogP) is 4.86. The van der Waals surface area contributed by atoms with Crippen LogP contribution in [0.4, 0.5) is 11.4 Å². The highest BCUT2D eigenvalue weighted by Gasteiger charge is 2.09. The summed E-state index contributed by atoms with van der Waals surface area (Å²) >= 11 is 3.47. The van der Waals surface area contributed by atoms with Gasteiger partial charge in [-0.15, -0.1) is 0 Å². The van der Waals surface area contributed by atoms with Gasteiger partial charge in [-0.3, -0.25) is 9.78 Å². The summed E-state index contributed by atoms with van der Waals surface area (Å²) in [5.74, 6) is 0.468. The van der Waals surface area contributed by atoms with Crippen molar-refractivity contribution in [2.45, 2.75) is 27.2 Å². The Kier molecular flexibility index (Phi) is 6.16. The molecule has 1 heterocycles. The van der Waals surface area contributed by atoms with Crippen molar-refractivity contribution in [1.29, 1.82) is 0 Å². The molecule has 0 aliphatic heterocycles. The molecule has 0 fully saturated rings. The minimum absolute atomic E-state index is 0.172. The molecule has 0 saturated carbocycles. The molecule has 1 aromatic carbocycles. The zero-order valence-electron chi connectivity index (χ0n) is 13.7. The van der Waals surface area contributed by atoms with Gasteiger partial charge in [0.25, 0.3) is 5.91 Å². The number of nitrogens with zero attached hydrogens (tertiary/aromatic N) is 1. The Balaban J connectivity index is 2.04. The summed E-state index contributed by atoms with van der Waals surface area (Å²) in [7, 11) is 0. The van der Waals surface area contributed by atoms with Crippen molar-refractivity contribution in [3.63, 3.8) is 0 Å². The van der Waals surface area contributed by atoms with Gasteiger partial charge in [0, 0.05) is 23.4 Å². The lowest BCUT2D eigenvalue weighted by Gasteiger charge is -2.10. The van der Waals surface area contributed by atoms with E-state index in [2.05, 4.69) is 45.4 Å². The minimum atomic E-state index is -0.172. The van der Waals surface area contributed by atoms with E-state index in [0.29, 0.717) is 11.5 Å². The first-order chi connectivity index (χ1) is 11.0. The summed E-state index contributed by atoms with van der Waals surface area (Å²) in [6, 6.07) is 7.64. The van der Waals surface area contributed by atoms with Crippen LogP contribution in [0.2, 0.25) is 0 Å². The van der Waals surface area contributed by atoms with Crippen LogP contribution >= 0.6 is 15.9 Å². The normalized spacial score (nSPS) is 10.7. The molecule has 5 heteroatoms. The largest absolute Gasteiger partial charge is 0.384 e. The molecule has 1 aromatic heterocycles. The average molecular weight is 376 g/mol. The quantitative estimate of drug-likeness (QED) is 0.757. The summed E-state index contributed by atoms with van der Waals surface area (Å²) in [5.41, 5.74) is 3.28. The van der Waals surface area contributed by atoms with Gasteiger partial charge in [0.2, 0.25) is 0 Å². The van der Waals surface area contributed by atoms with Gasteiger partial charge in [-0.25, -0.2) is 0 Å². The van der Waals surface area contributed by atoms with E-state index in [4.69, 9.17) is 0 Å². The summed E-state index contributed by atoms with van der Waals surface area (Å²) in [6.07, 6.45) is 4.39. The van der Waals surface area contributed by atoms with Gasteiger partial charge in [-0.2, -0.15) is 0 Å². The Morgan fingerprint density at radius 2 is 2.04 bits per heavy atom. The molecule has 0 atom stereocenters. The number of hydrogen-bond acceptors (Lipinski definition) is 3. The highest BCUT2D eigenvalue weighted by Crippen LogP contribution is 2.24. The highest BCUT2D eigenvalue weighted by molar-refractivity contribution is 9.10. The Bertz CT molecular complexity index is 686. The van der Waals surface area contributed by atoms with E-state index in [1.54, 1.807) is 12.4 Å². The van der Waals surface area contributed by atoms with E-state index in [-0.39, 0.29) is 5.91 Å². The Morgan fingerprint density at radius 1 is 1.26 bits per heavy atom. The van der Waals surface area contributed by atoms with Gasteiger partial charge in [-0.1, -0.05) is 19.9 Å². The number of benzene rings is 1. The monoisotopic (exact) mass is 375 g/mol. The first-order valence-electron chi connectivity index (χ1n) is 7.72. The van der Waals surface area contributed by atoms with Crippen LogP contribution in [0.3, 0.4) is 0 Å². The van der Waals surface area contributed by atoms with Crippen LogP contribution in [0.5, 0.6) is 0 Å². The minimum Gasteiger partial charge on any atom is -0.384 e. The number of aromatic nitrogens is 1. The van der Waals surface area contributed by atoms with E-state index in [1.807, 2.05) is 31.2 Å². The van der Waals surface area contributed by atoms with Crippen molar-refractivity contribution in [3.05, 3.63) is 52.3 Å². The summed E-state index contributed by atoms with van der Waals surface area (Å²) in [6.45, 7) is 7.24. The standard InChI is InChI=1S/C18H22BrN3O/c1-12(2)6-7-21-15-9-14(10-20-11-15)18(23)22-17-5-4-13(3)8-16(17)19/h4-5,8-12,21H,6-7H2,1-3H3,(H,22,23). The van der Waals surface area contributed by atoms with Crippen LogP contribution < -0.4 is 10.6 Å². The maximum absolute atomic E-state index is 12.4. The average Bonchev–Trinajstić information content (AvgIpc) is 2.50. The molecule has 1 amide bonds. The van der Waals surface area contributed by atoms with Crippen molar-refractivity contribution in [2.24, 2.45) is 5.92 Å². The number of anilines is 2. The summed E-state index contributed by atoms with van der Waals surface area (Å²) in [5, 5.41) is 6.20. The van der Waals surface area contributed by atoms with Gasteiger partial charge in [0.05, 0.1) is 16.9 Å². The molecule has 23 heavy (non-hydrogen) atoms. The molecule has 122 valence electrons. The molecule has 0 spiro atoms. The number of pyridine rings is 1. The molecular formula is C18H22BrN3O. The van der Waals surface area contributed by atoms with Gasteiger partial charge in [0.1, 0.15) is 0 Å².